The Balaban J connectivity index is 1.99. The Bertz CT molecular complexity index is 527. The molecule has 4 heteroatoms. The summed E-state index contributed by atoms with van der Waals surface area (Å²) in [6, 6.07) is 0. The lowest BCUT2D eigenvalue weighted by atomic mass is 9.78. The number of fused-ring (bicyclic) bond motifs is 1. The fourth-order valence-electron chi connectivity index (χ4n) is 3.56. The van der Waals surface area contributed by atoms with E-state index in [1.54, 1.807) is 11.3 Å². The van der Waals surface area contributed by atoms with Gasteiger partial charge in [-0.2, -0.15) is 0 Å². The second-order valence-electron chi connectivity index (χ2n) is 6.87. The highest BCUT2D eigenvalue weighted by molar-refractivity contribution is 7.14. The SMILES string of the molecule is CCOC1(c2nc3c(s2)C(=O)CC(C)(C)C3)CCCC1. The van der Waals surface area contributed by atoms with E-state index >= 15 is 0 Å². The van der Waals surface area contributed by atoms with Gasteiger partial charge in [0.25, 0.3) is 0 Å². The molecule has 3 nitrogen and oxygen atoms in total. The summed E-state index contributed by atoms with van der Waals surface area (Å²) in [4.78, 5) is 18.1. The third-order valence-electron chi connectivity index (χ3n) is 4.46. The molecule has 0 N–H and O–H groups in total. The van der Waals surface area contributed by atoms with Gasteiger partial charge in [0.05, 0.1) is 10.6 Å². The Labute approximate surface area is 124 Å². The number of Topliss-reactive ketones (excluding diaryl/α,β-unsaturated/α-hetero) is 1. The number of carbonyl (C=O) groups excluding carboxylic acids is 1. The number of hydrogen-bond donors (Lipinski definition) is 0. The predicted octanol–water partition coefficient (Wildman–Crippen LogP) is 4.10. The van der Waals surface area contributed by atoms with Crippen LogP contribution in [0.5, 0.6) is 0 Å². The molecular weight excluding hydrogens is 270 g/mol. The summed E-state index contributed by atoms with van der Waals surface area (Å²) in [6.07, 6.45) is 6.04. The molecule has 1 heterocycles. The number of nitrogens with zero attached hydrogens (tertiary/aromatic N) is 1. The Morgan fingerprint density at radius 1 is 1.25 bits per heavy atom. The van der Waals surface area contributed by atoms with Crippen molar-refractivity contribution in [3.63, 3.8) is 0 Å². The summed E-state index contributed by atoms with van der Waals surface area (Å²) in [5, 5.41) is 1.05. The monoisotopic (exact) mass is 293 g/mol. The average Bonchev–Trinajstić information content (AvgIpc) is 2.95. The molecule has 0 aromatic carbocycles. The molecule has 0 unspecified atom stereocenters. The molecule has 0 saturated heterocycles. The van der Waals surface area contributed by atoms with Gasteiger partial charge in [0, 0.05) is 13.0 Å². The molecule has 1 saturated carbocycles. The van der Waals surface area contributed by atoms with Gasteiger partial charge >= 0.3 is 0 Å². The molecule has 1 fully saturated rings. The van der Waals surface area contributed by atoms with Crippen LogP contribution in [0.25, 0.3) is 0 Å². The minimum absolute atomic E-state index is 0.0455. The van der Waals surface area contributed by atoms with Crippen molar-refractivity contribution in [1.29, 1.82) is 0 Å². The van der Waals surface area contributed by atoms with E-state index in [4.69, 9.17) is 9.72 Å². The van der Waals surface area contributed by atoms with Crippen LogP contribution in [0.1, 0.15) is 73.2 Å². The molecule has 0 bridgehead atoms. The minimum Gasteiger partial charge on any atom is -0.368 e. The van der Waals surface area contributed by atoms with Gasteiger partial charge < -0.3 is 4.74 Å². The quantitative estimate of drug-likeness (QED) is 0.842. The minimum atomic E-state index is -0.207. The number of rotatable bonds is 3. The fraction of sp³-hybridized carbons (Fsp3) is 0.750. The van der Waals surface area contributed by atoms with E-state index in [0.717, 1.165) is 34.8 Å². The zero-order valence-corrected chi connectivity index (χ0v) is 13.4. The summed E-state index contributed by atoms with van der Waals surface area (Å²) in [6.45, 7) is 7.06. The largest absolute Gasteiger partial charge is 0.368 e. The third kappa shape index (κ3) is 2.33. The van der Waals surface area contributed by atoms with Gasteiger partial charge in [-0.25, -0.2) is 4.98 Å². The van der Waals surface area contributed by atoms with Crippen LogP contribution >= 0.6 is 11.3 Å². The Kier molecular flexibility index (Phi) is 3.49. The summed E-state index contributed by atoms with van der Waals surface area (Å²) in [5.74, 6) is 0.268. The second-order valence-corrected chi connectivity index (χ2v) is 7.87. The molecule has 2 aliphatic rings. The smallest absolute Gasteiger partial charge is 0.175 e. The van der Waals surface area contributed by atoms with E-state index in [9.17, 15) is 4.79 Å². The zero-order chi connectivity index (χ0) is 14.4. The van der Waals surface area contributed by atoms with Crippen LogP contribution in [-0.2, 0) is 16.8 Å². The number of carbonyl (C=O) groups is 1. The topological polar surface area (TPSA) is 39.2 Å². The first kappa shape index (κ1) is 14.2. The van der Waals surface area contributed by atoms with Crippen LogP contribution in [0, 0.1) is 5.41 Å². The summed E-state index contributed by atoms with van der Waals surface area (Å²) >= 11 is 1.59. The molecule has 20 heavy (non-hydrogen) atoms. The molecule has 0 spiro atoms. The first-order valence-electron chi connectivity index (χ1n) is 7.63. The highest BCUT2D eigenvalue weighted by Gasteiger charge is 2.42. The molecule has 1 aromatic rings. The van der Waals surface area contributed by atoms with Gasteiger partial charge in [-0.1, -0.05) is 26.7 Å². The Morgan fingerprint density at radius 2 is 1.95 bits per heavy atom. The van der Waals surface area contributed by atoms with Crippen LogP contribution < -0.4 is 0 Å². The van der Waals surface area contributed by atoms with Crippen molar-refractivity contribution in [1.82, 2.24) is 4.98 Å². The second kappa shape index (κ2) is 4.92. The van der Waals surface area contributed by atoms with Gasteiger partial charge in [0.15, 0.2) is 5.78 Å². The molecule has 1 aromatic heterocycles. The van der Waals surface area contributed by atoms with Crippen LogP contribution in [-0.4, -0.2) is 17.4 Å². The molecule has 2 aliphatic carbocycles. The van der Waals surface area contributed by atoms with Gasteiger partial charge in [0.2, 0.25) is 0 Å². The maximum Gasteiger partial charge on any atom is 0.175 e. The average molecular weight is 293 g/mol. The maximum absolute atomic E-state index is 12.3. The summed E-state index contributed by atoms with van der Waals surface area (Å²) < 4.78 is 6.08. The predicted molar refractivity (Wildman–Crippen MR) is 80.3 cm³/mol. The van der Waals surface area contributed by atoms with Crippen molar-refractivity contribution in [2.24, 2.45) is 5.41 Å². The van der Waals surface area contributed by atoms with Crippen molar-refractivity contribution in [3.8, 4) is 0 Å². The van der Waals surface area contributed by atoms with Crippen LogP contribution in [0.15, 0.2) is 0 Å². The van der Waals surface area contributed by atoms with Crippen LogP contribution in [0.4, 0.5) is 0 Å². The van der Waals surface area contributed by atoms with Gasteiger partial charge in [-0.05, 0) is 31.6 Å². The molecule has 0 amide bonds. The lowest BCUT2D eigenvalue weighted by Gasteiger charge is -2.27. The Morgan fingerprint density at radius 3 is 2.60 bits per heavy atom. The van der Waals surface area contributed by atoms with Crippen molar-refractivity contribution in [2.75, 3.05) is 6.61 Å². The lowest BCUT2D eigenvalue weighted by Crippen LogP contribution is -2.27. The van der Waals surface area contributed by atoms with Crippen LogP contribution in [0.2, 0.25) is 0 Å². The molecule has 0 aliphatic heterocycles. The number of ketones is 1. The summed E-state index contributed by atoms with van der Waals surface area (Å²) in [5.41, 5.74) is 0.850. The molecule has 3 rings (SSSR count). The molecule has 0 radical (unpaired) electrons. The highest BCUT2D eigenvalue weighted by atomic mass is 32.1. The van der Waals surface area contributed by atoms with E-state index in [-0.39, 0.29) is 16.8 Å². The molecule has 0 atom stereocenters. The van der Waals surface area contributed by atoms with Crippen molar-refractivity contribution in [3.05, 3.63) is 15.6 Å². The molecule has 110 valence electrons. The lowest BCUT2D eigenvalue weighted by molar-refractivity contribution is -0.0392. The van der Waals surface area contributed by atoms with E-state index in [1.807, 2.05) is 6.92 Å². The maximum atomic E-state index is 12.3. The first-order valence-corrected chi connectivity index (χ1v) is 8.45. The van der Waals surface area contributed by atoms with E-state index in [1.165, 1.54) is 12.8 Å². The normalized spacial score (nSPS) is 23.9. The fourth-order valence-corrected chi connectivity index (χ4v) is 4.78. The highest BCUT2D eigenvalue weighted by Crippen LogP contribution is 2.46. The van der Waals surface area contributed by atoms with Gasteiger partial charge in [-0.3, -0.25) is 4.79 Å². The third-order valence-corrected chi connectivity index (χ3v) is 5.78. The van der Waals surface area contributed by atoms with Crippen molar-refractivity contribution < 1.29 is 9.53 Å². The van der Waals surface area contributed by atoms with E-state index in [2.05, 4.69) is 13.8 Å². The number of hydrogen-bond acceptors (Lipinski definition) is 4. The number of thiazole rings is 1. The number of aromatic nitrogens is 1. The number of ether oxygens (including phenoxy) is 1. The first-order chi connectivity index (χ1) is 9.46. The molecular formula is C16H23NO2S. The van der Waals surface area contributed by atoms with Crippen molar-refractivity contribution in [2.45, 2.75) is 64.9 Å². The van der Waals surface area contributed by atoms with E-state index in [0.29, 0.717) is 13.0 Å². The van der Waals surface area contributed by atoms with Crippen molar-refractivity contribution >= 4 is 17.1 Å². The van der Waals surface area contributed by atoms with Gasteiger partial charge in [0.1, 0.15) is 10.6 Å². The Hall–Kier alpha value is -0.740. The van der Waals surface area contributed by atoms with Crippen LogP contribution in [0.3, 0.4) is 0 Å². The standard InChI is InChI=1S/C16H23NO2S/c1-4-19-16(7-5-6-8-16)14-17-11-9-15(2,3)10-12(18)13(11)20-14/h4-10H2,1-3H3. The van der Waals surface area contributed by atoms with Gasteiger partial charge in [-0.15, -0.1) is 11.3 Å². The zero-order valence-electron chi connectivity index (χ0n) is 12.6. The summed E-state index contributed by atoms with van der Waals surface area (Å²) in [7, 11) is 0. The van der Waals surface area contributed by atoms with E-state index < -0.39 is 0 Å².